The summed E-state index contributed by atoms with van der Waals surface area (Å²) >= 11 is 6.08. The summed E-state index contributed by atoms with van der Waals surface area (Å²) in [6.45, 7) is 5.35. The van der Waals surface area contributed by atoms with Gasteiger partial charge in [0.2, 0.25) is 11.8 Å². The SMILES string of the molecule is CC(C)NC(=O)[C@H](C)N(Cc1cccc(Cl)c1)C(=O)CCCN1C(=O)c2ccccc2S1(=O)=O. The number of carbonyl (C=O) groups excluding carboxylic acids is 3. The molecule has 0 saturated heterocycles. The lowest BCUT2D eigenvalue weighted by molar-refractivity contribution is -0.140. The fourth-order valence-corrected chi connectivity index (χ4v) is 5.61. The molecule has 10 heteroatoms. The van der Waals surface area contributed by atoms with Gasteiger partial charge in [-0.25, -0.2) is 12.7 Å². The van der Waals surface area contributed by atoms with Gasteiger partial charge in [0.25, 0.3) is 15.9 Å². The van der Waals surface area contributed by atoms with Crippen molar-refractivity contribution in [1.82, 2.24) is 14.5 Å². The standard InChI is InChI=1S/C24H28ClN3O5S/c1-16(2)26-23(30)17(3)27(15-18-8-6-9-19(25)14-18)22(29)12-7-13-28-24(31)20-10-4-5-11-21(20)34(28,32)33/h4-6,8-11,14,16-17H,7,12-13,15H2,1-3H3,(H,26,30)/t17-/m0/s1. The number of benzene rings is 2. The highest BCUT2D eigenvalue weighted by Crippen LogP contribution is 2.30. The van der Waals surface area contributed by atoms with Gasteiger partial charge in [-0.05, 0) is 57.0 Å². The molecule has 0 radical (unpaired) electrons. The molecule has 1 atom stereocenters. The van der Waals surface area contributed by atoms with Crippen LogP contribution in [0.4, 0.5) is 0 Å². The molecule has 1 heterocycles. The summed E-state index contributed by atoms with van der Waals surface area (Å²) < 4.78 is 26.3. The van der Waals surface area contributed by atoms with Crippen LogP contribution < -0.4 is 5.32 Å². The minimum absolute atomic E-state index is 0.0205. The second-order valence-corrected chi connectivity index (χ2v) is 10.7. The number of carbonyl (C=O) groups is 3. The van der Waals surface area contributed by atoms with E-state index in [0.29, 0.717) is 5.02 Å². The van der Waals surface area contributed by atoms with E-state index in [9.17, 15) is 22.8 Å². The van der Waals surface area contributed by atoms with Crippen molar-refractivity contribution >= 4 is 39.3 Å². The van der Waals surface area contributed by atoms with Gasteiger partial charge in [0.05, 0.1) is 5.56 Å². The zero-order valence-corrected chi connectivity index (χ0v) is 20.9. The van der Waals surface area contributed by atoms with E-state index in [1.54, 1.807) is 37.3 Å². The second-order valence-electron chi connectivity index (χ2n) is 8.47. The molecule has 3 rings (SSSR count). The Morgan fingerprint density at radius 2 is 1.79 bits per heavy atom. The molecule has 0 aliphatic carbocycles. The molecule has 2 aromatic rings. The highest BCUT2D eigenvalue weighted by atomic mass is 35.5. The Hall–Kier alpha value is -2.91. The molecule has 8 nitrogen and oxygen atoms in total. The van der Waals surface area contributed by atoms with Crippen LogP contribution in [-0.2, 0) is 26.2 Å². The molecular weight excluding hydrogens is 478 g/mol. The molecule has 1 aliphatic rings. The van der Waals surface area contributed by atoms with E-state index in [1.165, 1.54) is 17.0 Å². The largest absolute Gasteiger partial charge is 0.352 e. The first-order chi connectivity index (χ1) is 16.0. The van der Waals surface area contributed by atoms with Gasteiger partial charge >= 0.3 is 0 Å². The van der Waals surface area contributed by atoms with E-state index >= 15 is 0 Å². The van der Waals surface area contributed by atoms with Crippen LogP contribution in [0.15, 0.2) is 53.4 Å². The fourth-order valence-electron chi connectivity index (χ4n) is 3.79. The molecule has 182 valence electrons. The van der Waals surface area contributed by atoms with Crippen molar-refractivity contribution in [1.29, 1.82) is 0 Å². The predicted molar refractivity (Wildman–Crippen MR) is 129 cm³/mol. The van der Waals surface area contributed by atoms with Gasteiger partial charge in [0.15, 0.2) is 0 Å². The summed E-state index contributed by atoms with van der Waals surface area (Å²) in [5, 5.41) is 3.33. The first kappa shape index (κ1) is 25.7. The molecule has 0 spiro atoms. The normalized spacial score (nSPS) is 15.2. The average Bonchev–Trinajstić information content (AvgIpc) is 2.97. The van der Waals surface area contributed by atoms with Crippen LogP contribution in [0.25, 0.3) is 0 Å². The van der Waals surface area contributed by atoms with Gasteiger partial charge in [-0.1, -0.05) is 35.9 Å². The van der Waals surface area contributed by atoms with Gasteiger partial charge in [0.1, 0.15) is 10.9 Å². The van der Waals surface area contributed by atoms with Crippen LogP contribution in [-0.4, -0.2) is 54.0 Å². The predicted octanol–water partition coefficient (Wildman–Crippen LogP) is 3.21. The Bertz CT molecular complexity index is 1200. The smallest absolute Gasteiger partial charge is 0.269 e. The molecule has 3 amide bonds. The quantitative estimate of drug-likeness (QED) is 0.563. The number of rotatable bonds is 9. The maximum atomic E-state index is 13.2. The van der Waals surface area contributed by atoms with Gasteiger partial charge in [-0.15, -0.1) is 0 Å². The second kappa shape index (κ2) is 10.6. The van der Waals surface area contributed by atoms with Gasteiger partial charge < -0.3 is 10.2 Å². The molecule has 0 saturated carbocycles. The summed E-state index contributed by atoms with van der Waals surface area (Å²) in [4.78, 5) is 39.8. The van der Waals surface area contributed by atoms with Gasteiger partial charge in [0, 0.05) is 30.6 Å². The summed E-state index contributed by atoms with van der Waals surface area (Å²) in [6, 6.07) is 12.2. The van der Waals surface area contributed by atoms with Crippen molar-refractivity contribution in [2.24, 2.45) is 0 Å². The molecular formula is C24H28ClN3O5S. The summed E-state index contributed by atoms with van der Waals surface area (Å²) in [7, 11) is -3.93. The van der Waals surface area contributed by atoms with Gasteiger partial charge in [-0.2, -0.15) is 0 Å². The number of amides is 3. The van der Waals surface area contributed by atoms with E-state index in [2.05, 4.69) is 5.32 Å². The Morgan fingerprint density at radius 1 is 1.09 bits per heavy atom. The number of halogens is 1. The van der Waals surface area contributed by atoms with E-state index in [0.717, 1.165) is 9.87 Å². The van der Waals surface area contributed by atoms with Crippen molar-refractivity contribution in [3.63, 3.8) is 0 Å². The van der Waals surface area contributed by atoms with E-state index in [1.807, 2.05) is 19.9 Å². The Labute approximate surface area is 204 Å². The fraction of sp³-hybridized carbons (Fsp3) is 0.375. The number of hydrogen-bond acceptors (Lipinski definition) is 5. The molecule has 2 aromatic carbocycles. The van der Waals surface area contributed by atoms with Gasteiger partial charge in [-0.3, -0.25) is 14.4 Å². The topological polar surface area (TPSA) is 104 Å². The van der Waals surface area contributed by atoms with Crippen molar-refractivity contribution in [2.75, 3.05) is 6.54 Å². The monoisotopic (exact) mass is 505 g/mol. The van der Waals surface area contributed by atoms with Crippen LogP contribution in [0.2, 0.25) is 5.02 Å². The summed E-state index contributed by atoms with van der Waals surface area (Å²) in [5.74, 6) is -1.21. The molecule has 0 bridgehead atoms. The Morgan fingerprint density at radius 3 is 2.44 bits per heavy atom. The lowest BCUT2D eigenvalue weighted by Gasteiger charge is -2.29. The van der Waals surface area contributed by atoms with E-state index < -0.39 is 22.0 Å². The van der Waals surface area contributed by atoms with Crippen molar-refractivity contribution in [2.45, 2.75) is 57.1 Å². The Kier molecular flexibility index (Phi) is 7.99. The summed E-state index contributed by atoms with van der Waals surface area (Å²) in [5.41, 5.74) is 0.896. The molecule has 0 aromatic heterocycles. The minimum Gasteiger partial charge on any atom is -0.352 e. The number of hydrogen-bond donors (Lipinski definition) is 1. The third-order valence-corrected chi connectivity index (χ3v) is 7.58. The average molecular weight is 506 g/mol. The molecule has 34 heavy (non-hydrogen) atoms. The third-order valence-electron chi connectivity index (χ3n) is 5.50. The zero-order chi connectivity index (χ0) is 25.0. The minimum atomic E-state index is -3.93. The van der Waals surface area contributed by atoms with Crippen LogP contribution >= 0.6 is 11.6 Å². The highest BCUT2D eigenvalue weighted by molar-refractivity contribution is 7.90. The number of nitrogens with zero attached hydrogens (tertiary/aromatic N) is 2. The number of nitrogens with one attached hydrogen (secondary N) is 1. The molecule has 0 unspecified atom stereocenters. The van der Waals surface area contributed by atoms with Crippen LogP contribution in [0.5, 0.6) is 0 Å². The maximum absolute atomic E-state index is 13.2. The molecule has 1 N–H and O–H groups in total. The lowest BCUT2D eigenvalue weighted by atomic mass is 10.1. The van der Waals surface area contributed by atoms with Crippen LogP contribution in [0.1, 0.15) is 49.5 Å². The third kappa shape index (κ3) is 5.59. The van der Waals surface area contributed by atoms with Crippen LogP contribution in [0, 0.1) is 0 Å². The van der Waals surface area contributed by atoms with Crippen molar-refractivity contribution in [3.8, 4) is 0 Å². The van der Waals surface area contributed by atoms with Crippen LogP contribution in [0.3, 0.4) is 0 Å². The number of fused-ring (bicyclic) bond motifs is 1. The van der Waals surface area contributed by atoms with E-state index in [4.69, 9.17) is 11.6 Å². The zero-order valence-electron chi connectivity index (χ0n) is 19.3. The first-order valence-electron chi connectivity index (χ1n) is 11.0. The highest BCUT2D eigenvalue weighted by Gasteiger charge is 2.40. The molecule has 1 aliphatic heterocycles. The molecule has 0 fully saturated rings. The first-order valence-corrected chi connectivity index (χ1v) is 12.8. The summed E-state index contributed by atoms with van der Waals surface area (Å²) in [6.07, 6.45) is 0.0951. The number of sulfonamides is 1. The van der Waals surface area contributed by atoms with Crippen molar-refractivity contribution in [3.05, 3.63) is 64.7 Å². The maximum Gasteiger partial charge on any atom is 0.269 e. The lowest BCUT2D eigenvalue weighted by Crippen LogP contribution is -2.49. The van der Waals surface area contributed by atoms with Crippen molar-refractivity contribution < 1.29 is 22.8 Å². The van der Waals surface area contributed by atoms with E-state index in [-0.39, 0.29) is 54.2 Å². The Balaban J connectivity index is 1.71.